The number of carbonyl (C=O) groups excluding carboxylic acids is 3. The van der Waals surface area contributed by atoms with Gasteiger partial charge in [-0.3, -0.25) is 14.3 Å². The van der Waals surface area contributed by atoms with Crippen LogP contribution in [-0.4, -0.2) is 62.0 Å². The molecule has 0 unspecified atom stereocenters. The fourth-order valence-electron chi connectivity index (χ4n) is 4.42. The van der Waals surface area contributed by atoms with Crippen molar-refractivity contribution < 1.29 is 19.1 Å². The van der Waals surface area contributed by atoms with Gasteiger partial charge in [0.15, 0.2) is 12.3 Å². The van der Waals surface area contributed by atoms with Crippen molar-refractivity contribution >= 4 is 28.7 Å². The average Bonchev–Trinajstić information content (AvgIpc) is 3.63. The number of rotatable bonds is 6. The lowest BCUT2D eigenvalue weighted by Crippen LogP contribution is -2.27. The van der Waals surface area contributed by atoms with Gasteiger partial charge in [0.2, 0.25) is 5.78 Å². The Morgan fingerprint density at radius 1 is 1.09 bits per heavy atom. The molecule has 4 aromatic rings. The number of H-pyrrole nitrogens is 1. The molecule has 1 fully saturated rings. The van der Waals surface area contributed by atoms with Crippen LogP contribution in [0.5, 0.6) is 0 Å². The molecule has 4 heterocycles. The van der Waals surface area contributed by atoms with Crippen molar-refractivity contribution in [3.63, 3.8) is 0 Å². The smallest absolute Gasteiger partial charge is 0.339 e. The molecule has 0 radical (unpaired) electrons. The van der Waals surface area contributed by atoms with Crippen LogP contribution in [0.15, 0.2) is 48.7 Å². The summed E-state index contributed by atoms with van der Waals surface area (Å²) in [5, 5.41) is 4.99. The summed E-state index contributed by atoms with van der Waals surface area (Å²) in [4.78, 5) is 47.7. The van der Waals surface area contributed by atoms with Crippen LogP contribution in [0.3, 0.4) is 0 Å². The van der Waals surface area contributed by atoms with Crippen molar-refractivity contribution in [3.8, 4) is 11.3 Å². The van der Waals surface area contributed by atoms with Crippen LogP contribution in [0.1, 0.15) is 49.7 Å². The SMILES string of the molecule is Cc1nn(C)c2nc(-c3ccccc3)cc(C(=O)OCC(=O)c3c[nH]c(C(=O)N4CCCC4)c3)c12. The molecule has 3 aromatic heterocycles. The van der Waals surface area contributed by atoms with Crippen LogP contribution >= 0.6 is 0 Å². The molecular formula is C26H25N5O4. The standard InChI is InChI=1S/C26H25N5O4/c1-16-23-19(13-20(17-8-4-3-5-9-17)28-24(23)30(2)29-16)26(34)35-15-22(32)18-12-21(27-14-18)25(33)31-10-6-7-11-31/h3-5,8-9,12-14,27H,6-7,10-11,15H2,1-2H3. The Balaban J connectivity index is 1.36. The van der Waals surface area contributed by atoms with Gasteiger partial charge in [-0.1, -0.05) is 30.3 Å². The second kappa shape index (κ2) is 9.17. The van der Waals surface area contributed by atoms with E-state index < -0.39 is 18.4 Å². The first-order valence-corrected chi connectivity index (χ1v) is 11.5. The number of Topliss-reactive ketones (excluding diaryl/α,β-unsaturated/α-hetero) is 1. The minimum atomic E-state index is -0.636. The van der Waals surface area contributed by atoms with E-state index in [1.165, 1.54) is 12.3 Å². The van der Waals surface area contributed by atoms with Gasteiger partial charge >= 0.3 is 5.97 Å². The molecular weight excluding hydrogens is 446 g/mol. The number of fused-ring (bicyclic) bond motifs is 1. The van der Waals surface area contributed by atoms with Gasteiger partial charge in [0.1, 0.15) is 5.69 Å². The number of ketones is 1. The van der Waals surface area contributed by atoms with Gasteiger partial charge < -0.3 is 14.6 Å². The number of aromatic nitrogens is 4. The van der Waals surface area contributed by atoms with Crippen molar-refractivity contribution in [1.82, 2.24) is 24.6 Å². The molecule has 1 aliphatic rings. The highest BCUT2D eigenvalue weighted by molar-refractivity contribution is 6.07. The minimum Gasteiger partial charge on any atom is -0.454 e. The zero-order chi connectivity index (χ0) is 24.5. The van der Waals surface area contributed by atoms with E-state index in [1.54, 1.807) is 29.6 Å². The van der Waals surface area contributed by atoms with Gasteiger partial charge in [-0.05, 0) is 31.9 Å². The summed E-state index contributed by atoms with van der Waals surface area (Å²) >= 11 is 0. The molecule has 1 N–H and O–H groups in total. The summed E-state index contributed by atoms with van der Waals surface area (Å²) in [5.41, 5.74) is 3.60. The molecule has 0 atom stereocenters. The molecule has 178 valence electrons. The second-order valence-electron chi connectivity index (χ2n) is 8.63. The highest BCUT2D eigenvalue weighted by atomic mass is 16.5. The lowest BCUT2D eigenvalue weighted by Gasteiger charge is -2.13. The fraction of sp³-hybridized carbons (Fsp3) is 0.269. The van der Waals surface area contributed by atoms with Crippen LogP contribution in [0.4, 0.5) is 0 Å². The summed E-state index contributed by atoms with van der Waals surface area (Å²) in [7, 11) is 1.77. The topological polar surface area (TPSA) is 110 Å². The largest absolute Gasteiger partial charge is 0.454 e. The predicted molar refractivity (Wildman–Crippen MR) is 129 cm³/mol. The number of ether oxygens (including phenoxy) is 1. The van der Waals surface area contributed by atoms with E-state index in [1.807, 2.05) is 30.3 Å². The van der Waals surface area contributed by atoms with Gasteiger partial charge in [-0.25, -0.2) is 9.78 Å². The lowest BCUT2D eigenvalue weighted by atomic mass is 10.1. The van der Waals surface area contributed by atoms with E-state index in [0.717, 1.165) is 31.5 Å². The second-order valence-corrected chi connectivity index (χ2v) is 8.63. The summed E-state index contributed by atoms with van der Waals surface area (Å²) in [5.74, 6) is -1.16. The number of hydrogen-bond acceptors (Lipinski definition) is 6. The molecule has 1 aliphatic heterocycles. The number of benzene rings is 1. The van der Waals surface area contributed by atoms with Crippen LogP contribution in [0.2, 0.25) is 0 Å². The van der Waals surface area contributed by atoms with Crippen LogP contribution in [0.25, 0.3) is 22.3 Å². The average molecular weight is 472 g/mol. The third-order valence-corrected chi connectivity index (χ3v) is 6.22. The first-order chi connectivity index (χ1) is 16.9. The summed E-state index contributed by atoms with van der Waals surface area (Å²) < 4.78 is 7.04. The summed E-state index contributed by atoms with van der Waals surface area (Å²) in [6.07, 6.45) is 3.45. The highest BCUT2D eigenvalue weighted by Crippen LogP contribution is 2.27. The maximum Gasteiger partial charge on any atom is 0.339 e. The van der Waals surface area contributed by atoms with E-state index in [4.69, 9.17) is 4.74 Å². The highest BCUT2D eigenvalue weighted by Gasteiger charge is 2.24. The molecule has 1 aromatic carbocycles. The minimum absolute atomic E-state index is 0.127. The molecule has 9 nitrogen and oxygen atoms in total. The van der Waals surface area contributed by atoms with Crippen molar-refractivity contribution in [1.29, 1.82) is 0 Å². The maximum absolute atomic E-state index is 13.1. The number of carbonyl (C=O) groups is 3. The molecule has 1 saturated heterocycles. The molecule has 0 aliphatic carbocycles. The normalized spacial score (nSPS) is 13.4. The number of nitrogens with one attached hydrogen (secondary N) is 1. The predicted octanol–water partition coefficient (Wildman–Crippen LogP) is 3.55. The Bertz CT molecular complexity index is 1430. The first-order valence-electron chi connectivity index (χ1n) is 11.5. The lowest BCUT2D eigenvalue weighted by molar-refractivity contribution is 0.0476. The van der Waals surface area contributed by atoms with E-state index in [9.17, 15) is 14.4 Å². The number of likely N-dealkylation sites (tertiary alicyclic amines) is 1. The van der Waals surface area contributed by atoms with Gasteiger partial charge in [-0.15, -0.1) is 0 Å². The summed E-state index contributed by atoms with van der Waals surface area (Å²) in [6.45, 7) is 2.79. The Kier molecular flexibility index (Phi) is 5.90. The first kappa shape index (κ1) is 22.5. The zero-order valence-corrected chi connectivity index (χ0v) is 19.6. The number of esters is 1. The molecule has 0 spiro atoms. The zero-order valence-electron chi connectivity index (χ0n) is 19.6. The molecule has 5 rings (SSSR count). The van der Waals surface area contributed by atoms with Crippen molar-refractivity contribution in [2.24, 2.45) is 7.05 Å². The third-order valence-electron chi connectivity index (χ3n) is 6.22. The van der Waals surface area contributed by atoms with Crippen molar-refractivity contribution in [2.45, 2.75) is 19.8 Å². The number of hydrogen-bond donors (Lipinski definition) is 1. The van der Waals surface area contributed by atoms with Gasteiger partial charge in [0.25, 0.3) is 5.91 Å². The van der Waals surface area contributed by atoms with Crippen LogP contribution in [0, 0.1) is 6.92 Å². The van der Waals surface area contributed by atoms with Gasteiger partial charge in [0.05, 0.1) is 22.3 Å². The van der Waals surface area contributed by atoms with Crippen LogP contribution < -0.4 is 0 Å². The molecule has 0 saturated carbocycles. The molecule has 9 heteroatoms. The Morgan fingerprint density at radius 2 is 1.83 bits per heavy atom. The number of aryl methyl sites for hydroxylation is 2. The number of pyridine rings is 1. The fourth-order valence-corrected chi connectivity index (χ4v) is 4.42. The van der Waals surface area contributed by atoms with Crippen molar-refractivity contribution in [3.05, 3.63) is 71.2 Å². The third kappa shape index (κ3) is 4.32. The quantitative estimate of drug-likeness (QED) is 0.340. The summed E-state index contributed by atoms with van der Waals surface area (Å²) in [6, 6.07) is 12.7. The Labute approximate surface area is 201 Å². The number of amides is 1. The van der Waals surface area contributed by atoms with E-state index in [2.05, 4.69) is 15.1 Å². The van der Waals surface area contributed by atoms with Gasteiger partial charge in [-0.2, -0.15) is 5.10 Å². The van der Waals surface area contributed by atoms with E-state index in [0.29, 0.717) is 39.2 Å². The van der Waals surface area contributed by atoms with Crippen LogP contribution in [-0.2, 0) is 11.8 Å². The molecule has 35 heavy (non-hydrogen) atoms. The Morgan fingerprint density at radius 3 is 2.57 bits per heavy atom. The molecule has 0 bridgehead atoms. The maximum atomic E-state index is 13.1. The van der Waals surface area contributed by atoms with E-state index in [-0.39, 0.29) is 5.91 Å². The van der Waals surface area contributed by atoms with Gasteiger partial charge in [0, 0.05) is 37.5 Å². The Hall–Kier alpha value is -4.27. The van der Waals surface area contributed by atoms with Crippen molar-refractivity contribution in [2.75, 3.05) is 19.7 Å². The molecule has 1 amide bonds. The van der Waals surface area contributed by atoms with E-state index >= 15 is 0 Å². The number of nitrogens with zero attached hydrogens (tertiary/aromatic N) is 4. The number of aromatic amines is 1. The monoisotopic (exact) mass is 471 g/mol.